The predicted octanol–water partition coefficient (Wildman–Crippen LogP) is 5.25. The quantitative estimate of drug-likeness (QED) is 0.246. The fourth-order valence-electron chi connectivity index (χ4n) is 2.41. The Morgan fingerprint density at radius 1 is 0.962 bits per heavy atom. The Labute approximate surface area is 159 Å². The number of aromatic hydroxyl groups is 1. The molecule has 0 heterocycles. The maximum atomic E-state index is 10.1. The van der Waals surface area contributed by atoms with Crippen molar-refractivity contribution in [1.82, 2.24) is 0 Å². The van der Waals surface area contributed by atoms with E-state index < -0.39 is 0 Å². The number of hydrogen-bond acceptors (Lipinski definition) is 4. The standard InChI is InChI=1S/C19H14Cl2N2O3/c20-15-8-12(19(22)23-25)9-16(21)18(15)26-13-6-7-17(24)14(10-13)11-4-2-1-3-5-11/h1-10,24-25H,(H2,22,23). The summed E-state index contributed by atoms with van der Waals surface area (Å²) >= 11 is 12.4. The molecule has 0 fully saturated rings. The Morgan fingerprint density at radius 2 is 1.62 bits per heavy atom. The second-order valence-electron chi connectivity index (χ2n) is 5.40. The first-order valence-electron chi connectivity index (χ1n) is 7.53. The van der Waals surface area contributed by atoms with E-state index in [2.05, 4.69) is 5.16 Å². The van der Waals surface area contributed by atoms with Crippen molar-refractivity contribution >= 4 is 29.0 Å². The van der Waals surface area contributed by atoms with Crippen LogP contribution in [-0.2, 0) is 0 Å². The number of phenols is 1. The van der Waals surface area contributed by atoms with Gasteiger partial charge in [0.05, 0.1) is 10.0 Å². The number of oxime groups is 1. The Hall–Kier alpha value is -2.89. The van der Waals surface area contributed by atoms with Crippen molar-refractivity contribution in [3.63, 3.8) is 0 Å². The van der Waals surface area contributed by atoms with Crippen LogP contribution >= 0.6 is 23.2 Å². The number of hydrogen-bond donors (Lipinski definition) is 3. The van der Waals surface area contributed by atoms with Crippen LogP contribution in [-0.4, -0.2) is 16.1 Å². The summed E-state index contributed by atoms with van der Waals surface area (Å²) in [4.78, 5) is 0. The van der Waals surface area contributed by atoms with Crippen LogP contribution in [0.5, 0.6) is 17.2 Å². The molecule has 0 amide bonds. The number of halogens is 2. The Morgan fingerprint density at radius 3 is 2.23 bits per heavy atom. The van der Waals surface area contributed by atoms with Gasteiger partial charge in [-0.1, -0.05) is 58.7 Å². The van der Waals surface area contributed by atoms with Crippen molar-refractivity contribution < 1.29 is 15.1 Å². The zero-order valence-electron chi connectivity index (χ0n) is 13.4. The van der Waals surface area contributed by atoms with Crippen molar-refractivity contribution in [3.8, 4) is 28.4 Å². The zero-order valence-corrected chi connectivity index (χ0v) is 14.9. The largest absolute Gasteiger partial charge is 0.507 e. The molecular formula is C19H14Cl2N2O3. The molecule has 26 heavy (non-hydrogen) atoms. The average molecular weight is 389 g/mol. The molecule has 3 rings (SSSR count). The number of nitrogens with zero attached hydrogens (tertiary/aromatic N) is 1. The van der Waals surface area contributed by atoms with Gasteiger partial charge in [0.1, 0.15) is 11.5 Å². The second-order valence-corrected chi connectivity index (χ2v) is 6.22. The first-order valence-corrected chi connectivity index (χ1v) is 8.28. The molecule has 0 spiro atoms. The molecule has 0 saturated heterocycles. The maximum Gasteiger partial charge on any atom is 0.170 e. The molecule has 7 heteroatoms. The smallest absolute Gasteiger partial charge is 0.170 e. The molecule has 0 aliphatic rings. The van der Waals surface area contributed by atoms with Gasteiger partial charge in [0.15, 0.2) is 11.6 Å². The molecule has 0 bridgehead atoms. The number of nitrogens with two attached hydrogens (primary N) is 1. The third kappa shape index (κ3) is 3.69. The lowest BCUT2D eigenvalue weighted by Gasteiger charge is -2.13. The van der Waals surface area contributed by atoms with Crippen LogP contribution in [0.4, 0.5) is 0 Å². The third-order valence-electron chi connectivity index (χ3n) is 3.67. The summed E-state index contributed by atoms with van der Waals surface area (Å²) in [5.41, 5.74) is 7.37. The van der Waals surface area contributed by atoms with Gasteiger partial charge in [-0.2, -0.15) is 0 Å². The minimum Gasteiger partial charge on any atom is -0.507 e. The Bertz CT molecular complexity index is 953. The van der Waals surface area contributed by atoms with Crippen molar-refractivity contribution in [2.24, 2.45) is 10.9 Å². The van der Waals surface area contributed by atoms with E-state index in [4.69, 9.17) is 38.9 Å². The molecule has 0 aliphatic heterocycles. The average Bonchev–Trinajstić information content (AvgIpc) is 2.65. The molecule has 0 saturated carbocycles. The summed E-state index contributed by atoms with van der Waals surface area (Å²) in [6, 6.07) is 17.2. The van der Waals surface area contributed by atoms with Gasteiger partial charge in [-0.25, -0.2) is 0 Å². The van der Waals surface area contributed by atoms with Gasteiger partial charge >= 0.3 is 0 Å². The van der Waals surface area contributed by atoms with Crippen LogP contribution in [0.1, 0.15) is 5.56 Å². The third-order valence-corrected chi connectivity index (χ3v) is 4.24. The summed E-state index contributed by atoms with van der Waals surface area (Å²) < 4.78 is 5.81. The van der Waals surface area contributed by atoms with Crippen molar-refractivity contribution in [2.45, 2.75) is 0 Å². The van der Waals surface area contributed by atoms with E-state index in [0.29, 0.717) is 16.9 Å². The van der Waals surface area contributed by atoms with Gasteiger partial charge in [0.2, 0.25) is 0 Å². The molecule has 0 aromatic heterocycles. The van der Waals surface area contributed by atoms with E-state index in [-0.39, 0.29) is 27.4 Å². The van der Waals surface area contributed by atoms with E-state index in [9.17, 15) is 5.11 Å². The van der Waals surface area contributed by atoms with Crippen LogP contribution in [0.25, 0.3) is 11.1 Å². The normalized spacial score (nSPS) is 11.4. The second kappa shape index (κ2) is 7.56. The number of phenolic OH excluding ortho intramolecular Hbond substituents is 1. The molecule has 3 aromatic carbocycles. The highest BCUT2D eigenvalue weighted by Gasteiger charge is 2.14. The maximum absolute atomic E-state index is 10.1. The molecular weight excluding hydrogens is 375 g/mol. The first kappa shape index (κ1) is 17.9. The van der Waals surface area contributed by atoms with Gasteiger partial charge in [-0.05, 0) is 35.9 Å². The lowest BCUT2D eigenvalue weighted by Crippen LogP contribution is -2.13. The highest BCUT2D eigenvalue weighted by molar-refractivity contribution is 6.37. The topological polar surface area (TPSA) is 88.1 Å². The van der Waals surface area contributed by atoms with E-state index in [1.807, 2.05) is 30.3 Å². The molecule has 0 aliphatic carbocycles. The molecule has 0 unspecified atom stereocenters. The highest BCUT2D eigenvalue weighted by atomic mass is 35.5. The van der Waals surface area contributed by atoms with Crippen LogP contribution in [0.15, 0.2) is 65.8 Å². The minimum atomic E-state index is -0.114. The van der Waals surface area contributed by atoms with Gasteiger partial charge in [0.25, 0.3) is 0 Å². The van der Waals surface area contributed by atoms with Crippen LogP contribution in [0.3, 0.4) is 0 Å². The van der Waals surface area contributed by atoms with E-state index >= 15 is 0 Å². The highest BCUT2D eigenvalue weighted by Crippen LogP contribution is 2.40. The fourth-order valence-corrected chi connectivity index (χ4v) is 2.97. The van der Waals surface area contributed by atoms with Gasteiger partial charge in [-0.15, -0.1) is 0 Å². The van der Waals surface area contributed by atoms with Gasteiger partial charge in [-0.3, -0.25) is 0 Å². The summed E-state index contributed by atoms with van der Waals surface area (Å²) in [7, 11) is 0. The van der Waals surface area contributed by atoms with Crippen LogP contribution in [0.2, 0.25) is 10.0 Å². The molecule has 0 atom stereocenters. The molecule has 3 aromatic rings. The SMILES string of the molecule is N/C(=N\O)c1cc(Cl)c(Oc2ccc(O)c(-c3ccccc3)c2)c(Cl)c1. The lowest BCUT2D eigenvalue weighted by atomic mass is 10.0. The fraction of sp³-hybridized carbons (Fsp3) is 0. The summed E-state index contributed by atoms with van der Waals surface area (Å²) in [6.45, 7) is 0. The van der Waals surface area contributed by atoms with E-state index in [0.717, 1.165) is 5.56 Å². The predicted molar refractivity (Wildman–Crippen MR) is 103 cm³/mol. The lowest BCUT2D eigenvalue weighted by molar-refractivity contribution is 0.318. The molecule has 5 nitrogen and oxygen atoms in total. The number of amidine groups is 1. The first-order chi connectivity index (χ1) is 12.5. The van der Waals surface area contributed by atoms with Gasteiger partial charge in [0, 0.05) is 11.1 Å². The summed E-state index contributed by atoms with van der Waals surface area (Å²) in [5.74, 6) is 0.689. The van der Waals surface area contributed by atoms with Crippen LogP contribution < -0.4 is 10.5 Å². The summed E-state index contributed by atoms with van der Waals surface area (Å²) in [5, 5.41) is 22.2. The van der Waals surface area contributed by atoms with Crippen molar-refractivity contribution in [3.05, 3.63) is 76.3 Å². The number of benzene rings is 3. The Balaban J connectivity index is 1.98. The van der Waals surface area contributed by atoms with Crippen molar-refractivity contribution in [1.29, 1.82) is 0 Å². The van der Waals surface area contributed by atoms with E-state index in [1.165, 1.54) is 18.2 Å². The Kier molecular flexibility index (Phi) is 5.21. The monoisotopic (exact) mass is 388 g/mol. The zero-order chi connectivity index (χ0) is 18.7. The number of rotatable bonds is 4. The molecule has 132 valence electrons. The van der Waals surface area contributed by atoms with E-state index in [1.54, 1.807) is 12.1 Å². The minimum absolute atomic E-state index is 0.114. The molecule has 0 radical (unpaired) electrons. The van der Waals surface area contributed by atoms with Gasteiger partial charge < -0.3 is 20.8 Å². The number of ether oxygens (including phenoxy) is 1. The van der Waals surface area contributed by atoms with Crippen molar-refractivity contribution in [2.75, 3.05) is 0 Å². The summed E-state index contributed by atoms with van der Waals surface area (Å²) in [6.07, 6.45) is 0. The van der Waals surface area contributed by atoms with Crippen LogP contribution in [0, 0.1) is 0 Å². The molecule has 4 N–H and O–H groups in total.